The summed E-state index contributed by atoms with van der Waals surface area (Å²) in [6.07, 6.45) is -2.84. The van der Waals surface area contributed by atoms with Crippen molar-refractivity contribution in [3.8, 4) is 0 Å². The normalized spacial score (nSPS) is 25.4. The van der Waals surface area contributed by atoms with Crippen molar-refractivity contribution in [1.82, 2.24) is 4.98 Å². The van der Waals surface area contributed by atoms with E-state index in [9.17, 15) is 0 Å². The molecule has 1 aromatic rings. The van der Waals surface area contributed by atoms with Gasteiger partial charge in [-0.05, 0) is 34.4 Å². The van der Waals surface area contributed by atoms with Gasteiger partial charge in [0.05, 0.1) is 4.11 Å². The second-order valence-corrected chi connectivity index (χ2v) is 2.00. The van der Waals surface area contributed by atoms with Crippen LogP contribution in [0.2, 0.25) is 0 Å². The second kappa shape index (κ2) is 2.97. The minimum absolute atomic E-state index is 0.151. The number of rotatable bonds is 1. The highest BCUT2D eigenvalue weighted by Crippen LogP contribution is 2.05. The maximum Gasteiger partial charge on any atom is 0.106 e. The van der Waals surface area contributed by atoms with E-state index in [4.69, 9.17) is 11.0 Å². The van der Waals surface area contributed by atoms with Gasteiger partial charge in [-0.15, -0.1) is 0 Å². The van der Waals surface area contributed by atoms with Gasteiger partial charge in [-0.25, -0.2) is 4.98 Å². The van der Waals surface area contributed by atoms with Crippen molar-refractivity contribution < 1.29 is 11.0 Å². The van der Waals surface area contributed by atoms with E-state index in [-0.39, 0.29) is 10.6 Å². The van der Waals surface area contributed by atoms with Crippen LogP contribution >= 0.6 is 15.9 Å². The fourth-order valence-electron chi connectivity index (χ4n) is 0.355. The van der Waals surface area contributed by atoms with Crippen molar-refractivity contribution in [3.05, 3.63) is 28.4 Å². The lowest BCUT2D eigenvalue weighted by atomic mass is 10.3. The number of hydrogen-bond acceptors (Lipinski definition) is 1. The molecule has 1 rings (SSSR count). The average molecular weight is 194 g/mol. The van der Waals surface area contributed by atoms with E-state index in [1.54, 1.807) is 0 Å². The second-order valence-electron chi connectivity index (χ2n) is 1.25. The number of aryl methyl sites for hydroxylation is 1. The van der Waals surface area contributed by atoms with Gasteiger partial charge in [0, 0.05) is 12.5 Å². The highest BCUT2D eigenvalue weighted by Gasteiger charge is 1.88. The Labute approximate surface area is 74.5 Å². The first-order valence-electron chi connectivity index (χ1n) is 6.14. The van der Waals surface area contributed by atoms with Gasteiger partial charge < -0.3 is 0 Å². The van der Waals surface area contributed by atoms with E-state index < -0.39 is 31.0 Å². The molecular formula is C7H8BrN. The van der Waals surface area contributed by atoms with E-state index in [0.29, 0.717) is 0 Å². The molecule has 0 amide bonds. The van der Waals surface area contributed by atoms with E-state index in [1.165, 1.54) is 0 Å². The maximum atomic E-state index is 7.49. The Morgan fingerprint density at radius 3 is 3.67 bits per heavy atom. The quantitative estimate of drug-likeness (QED) is 0.625. The standard InChI is InChI=1S/C7H8BrN/c1-2-6-4-3-5-7(8)9-6/h3-5H,2H2,1H3/i1D3,2D2,3D,4D,5D. The molecular weight excluding hydrogens is 178 g/mol. The molecule has 0 radical (unpaired) electrons. The third-order valence-corrected chi connectivity index (χ3v) is 1.05. The smallest absolute Gasteiger partial charge is 0.106 e. The minimum Gasteiger partial charge on any atom is -0.246 e. The van der Waals surface area contributed by atoms with Gasteiger partial charge in [-0.1, -0.05) is 12.9 Å². The summed E-state index contributed by atoms with van der Waals surface area (Å²) >= 11 is 2.84. The number of halogens is 1. The summed E-state index contributed by atoms with van der Waals surface area (Å²) < 4.78 is 58.3. The molecule has 0 saturated carbocycles. The lowest BCUT2D eigenvalue weighted by molar-refractivity contribution is 1.02. The predicted molar refractivity (Wildman–Crippen MR) is 41.3 cm³/mol. The fraction of sp³-hybridized carbons (Fsp3) is 0.286. The minimum atomic E-state index is -2.99. The van der Waals surface area contributed by atoms with Crippen molar-refractivity contribution >= 4 is 15.9 Å². The Kier molecular flexibility index (Phi) is 0.599. The van der Waals surface area contributed by atoms with Gasteiger partial charge in [0.15, 0.2) is 0 Å². The van der Waals surface area contributed by atoms with Crippen LogP contribution in [0.3, 0.4) is 0 Å². The van der Waals surface area contributed by atoms with Gasteiger partial charge in [-0.2, -0.15) is 0 Å². The molecule has 1 aromatic heterocycles. The molecule has 0 aliphatic heterocycles. The summed E-state index contributed by atoms with van der Waals surface area (Å²) in [7, 11) is 0. The molecule has 0 atom stereocenters. The molecule has 0 aliphatic carbocycles. The van der Waals surface area contributed by atoms with E-state index >= 15 is 0 Å². The largest absolute Gasteiger partial charge is 0.246 e. The molecule has 0 saturated heterocycles. The average Bonchev–Trinajstić information content (AvgIpc) is 2.18. The van der Waals surface area contributed by atoms with Crippen molar-refractivity contribution in [1.29, 1.82) is 0 Å². The van der Waals surface area contributed by atoms with E-state index in [1.807, 2.05) is 0 Å². The zero-order valence-corrected chi connectivity index (χ0v) is 5.91. The molecule has 0 bridgehead atoms. The topological polar surface area (TPSA) is 12.9 Å². The Balaban J connectivity index is 3.54. The first-order chi connectivity index (χ1) is 7.50. The molecule has 0 N–H and O–H groups in total. The zero-order chi connectivity index (χ0) is 13.6. The number of pyridine rings is 1. The Morgan fingerprint density at radius 1 is 2.00 bits per heavy atom. The number of hydrogen-bond donors (Lipinski definition) is 0. The van der Waals surface area contributed by atoms with Crippen LogP contribution < -0.4 is 0 Å². The predicted octanol–water partition coefficient (Wildman–Crippen LogP) is 2.41. The van der Waals surface area contributed by atoms with E-state index in [2.05, 4.69) is 20.9 Å². The molecule has 1 nitrogen and oxygen atoms in total. The number of nitrogens with zero attached hydrogens (tertiary/aromatic N) is 1. The summed E-state index contributed by atoms with van der Waals surface area (Å²) in [5.74, 6) is 0. The molecule has 0 spiro atoms. The van der Waals surface area contributed by atoms with Crippen LogP contribution in [0.5, 0.6) is 0 Å². The molecule has 0 aromatic carbocycles. The Bertz CT molecular complexity index is 454. The van der Waals surface area contributed by atoms with Gasteiger partial charge in [0.25, 0.3) is 0 Å². The zero-order valence-electron chi connectivity index (χ0n) is 12.3. The van der Waals surface area contributed by atoms with Crippen molar-refractivity contribution in [3.63, 3.8) is 0 Å². The maximum absolute atomic E-state index is 7.49. The first kappa shape index (κ1) is 1.82. The lowest BCUT2D eigenvalue weighted by Crippen LogP contribution is -1.84. The van der Waals surface area contributed by atoms with Gasteiger partial charge in [0.2, 0.25) is 0 Å². The van der Waals surface area contributed by atoms with Gasteiger partial charge >= 0.3 is 0 Å². The molecule has 9 heavy (non-hydrogen) atoms. The summed E-state index contributed by atoms with van der Waals surface area (Å²) in [6, 6.07) is -1.62. The van der Waals surface area contributed by atoms with Crippen LogP contribution in [0.4, 0.5) is 0 Å². The third-order valence-electron chi connectivity index (χ3n) is 0.675. The molecule has 1 heterocycles. The van der Waals surface area contributed by atoms with Crippen molar-refractivity contribution in [2.24, 2.45) is 0 Å². The molecule has 0 fully saturated rings. The summed E-state index contributed by atoms with van der Waals surface area (Å²) in [5.41, 5.74) is -0.662. The number of aromatic nitrogens is 1. The monoisotopic (exact) mass is 193 g/mol. The Morgan fingerprint density at radius 2 is 2.89 bits per heavy atom. The van der Waals surface area contributed by atoms with E-state index in [0.717, 1.165) is 0 Å². The molecule has 48 valence electrons. The molecule has 2 heteroatoms. The van der Waals surface area contributed by atoms with Gasteiger partial charge in [-0.3, -0.25) is 0 Å². The van der Waals surface area contributed by atoms with Crippen LogP contribution in [0.15, 0.2) is 22.7 Å². The fourth-order valence-corrected chi connectivity index (χ4v) is 0.632. The first-order valence-corrected chi connectivity index (χ1v) is 2.93. The van der Waals surface area contributed by atoms with Gasteiger partial charge in [0.1, 0.15) is 4.60 Å². The van der Waals surface area contributed by atoms with Crippen molar-refractivity contribution in [2.45, 2.75) is 13.2 Å². The highest BCUT2D eigenvalue weighted by atomic mass is 79.9. The third kappa shape index (κ3) is 1.79. The SMILES string of the molecule is [2H]c1c(Br)nc(C([2H])([2H])C([2H])([2H])[2H])c([2H])c1[2H]. The lowest BCUT2D eigenvalue weighted by Gasteiger charge is -1.93. The summed E-state index contributed by atoms with van der Waals surface area (Å²) in [5, 5.41) is 0. The van der Waals surface area contributed by atoms with Crippen LogP contribution in [0.1, 0.15) is 23.5 Å². The summed E-state index contributed by atoms with van der Waals surface area (Å²) in [4.78, 5) is 3.56. The van der Waals surface area contributed by atoms with Crippen LogP contribution in [-0.2, 0) is 6.37 Å². The summed E-state index contributed by atoms with van der Waals surface area (Å²) in [6.45, 7) is -2.99. The Hall–Kier alpha value is -0.370. The van der Waals surface area contributed by atoms with Crippen LogP contribution in [0, 0.1) is 0 Å². The van der Waals surface area contributed by atoms with Crippen molar-refractivity contribution in [2.75, 3.05) is 0 Å². The molecule has 0 unspecified atom stereocenters. The highest BCUT2D eigenvalue weighted by molar-refractivity contribution is 9.10. The van der Waals surface area contributed by atoms with Crippen LogP contribution in [0.25, 0.3) is 0 Å². The molecule has 0 aliphatic rings. The van der Waals surface area contributed by atoms with Crippen LogP contribution in [-0.4, -0.2) is 4.98 Å².